The number of allylic oxidation sites excluding steroid dienone is 2. The van der Waals surface area contributed by atoms with Crippen LogP contribution in [0.15, 0.2) is 80.4 Å². The van der Waals surface area contributed by atoms with Crippen molar-refractivity contribution in [3.05, 3.63) is 81.8 Å². The number of aryl methyl sites for hydroxylation is 2. The highest BCUT2D eigenvalue weighted by Crippen LogP contribution is 2.49. The second-order valence-corrected chi connectivity index (χ2v) is 13.0. The summed E-state index contributed by atoms with van der Waals surface area (Å²) in [6.45, 7) is 4.49. The fourth-order valence-electron chi connectivity index (χ4n) is 5.23. The highest BCUT2D eigenvalue weighted by atomic mass is 32.2. The highest BCUT2D eigenvalue weighted by Gasteiger charge is 2.44. The van der Waals surface area contributed by atoms with Crippen LogP contribution in [-0.2, 0) is 19.9 Å². The minimum Gasteiger partial charge on any atom is -0.219 e. The lowest BCUT2D eigenvalue weighted by molar-refractivity contribution is 0.471. The van der Waals surface area contributed by atoms with Crippen molar-refractivity contribution in [2.24, 2.45) is 11.8 Å². The number of nitrogens with zero attached hydrogens (tertiary/aromatic N) is 1. The summed E-state index contributed by atoms with van der Waals surface area (Å²) in [4.78, 5) is 1.05. The summed E-state index contributed by atoms with van der Waals surface area (Å²) in [5.41, 5.74) is 4.26. The van der Waals surface area contributed by atoms with Crippen LogP contribution in [0.4, 0.5) is 0 Å². The third kappa shape index (κ3) is 3.47. The number of rotatable bonds is 4. The van der Waals surface area contributed by atoms with Crippen LogP contribution in [0, 0.1) is 25.7 Å². The molecular weight excluding hydrogens is 442 g/mol. The van der Waals surface area contributed by atoms with E-state index in [9.17, 15) is 16.8 Å². The summed E-state index contributed by atoms with van der Waals surface area (Å²) in [6, 6.07) is 13.9. The van der Waals surface area contributed by atoms with Crippen LogP contribution >= 0.6 is 0 Å². The van der Waals surface area contributed by atoms with Crippen LogP contribution in [-0.4, -0.2) is 34.2 Å². The van der Waals surface area contributed by atoms with Gasteiger partial charge in [0.15, 0.2) is 0 Å². The Kier molecular flexibility index (Phi) is 5.19. The van der Waals surface area contributed by atoms with Gasteiger partial charge < -0.3 is 0 Å². The van der Waals surface area contributed by atoms with E-state index in [4.69, 9.17) is 0 Å². The maximum Gasteiger partial charge on any atom is 0.243 e. The Labute approximate surface area is 190 Å². The normalized spacial score (nSPS) is 23.8. The SMILES string of the molecule is Cc1ccc(S(=O)(=O)C2=CC3CN(S(=O)(=O)c4ccc(C)cc4)CC3=C3CCCC23)cc1. The predicted octanol–water partition coefficient (Wildman–Crippen LogP) is 4.39. The van der Waals surface area contributed by atoms with Crippen molar-refractivity contribution in [3.63, 3.8) is 0 Å². The summed E-state index contributed by atoms with van der Waals surface area (Å²) in [6.07, 6.45) is 4.42. The quantitative estimate of drug-likeness (QED) is 0.623. The summed E-state index contributed by atoms with van der Waals surface area (Å²) < 4.78 is 55.1. The summed E-state index contributed by atoms with van der Waals surface area (Å²) in [5.74, 6) is -0.315. The van der Waals surface area contributed by atoms with Crippen molar-refractivity contribution in [2.75, 3.05) is 13.1 Å². The Hall–Kier alpha value is -2.22. The number of sulfone groups is 1. The van der Waals surface area contributed by atoms with Gasteiger partial charge in [-0.2, -0.15) is 4.31 Å². The van der Waals surface area contributed by atoms with E-state index >= 15 is 0 Å². The maximum atomic E-state index is 13.5. The molecule has 0 aromatic heterocycles. The molecule has 2 aliphatic carbocycles. The van der Waals surface area contributed by atoms with Crippen molar-refractivity contribution < 1.29 is 16.8 Å². The molecule has 168 valence electrons. The molecule has 0 N–H and O–H groups in total. The average Bonchev–Trinajstić information content (AvgIpc) is 3.41. The van der Waals surface area contributed by atoms with Gasteiger partial charge in [0.25, 0.3) is 0 Å². The first kappa shape index (κ1) is 21.6. The molecule has 0 amide bonds. The van der Waals surface area contributed by atoms with Gasteiger partial charge in [0, 0.05) is 24.9 Å². The van der Waals surface area contributed by atoms with E-state index in [0.717, 1.165) is 41.5 Å². The third-order valence-electron chi connectivity index (χ3n) is 6.98. The molecule has 3 aliphatic rings. The Morgan fingerprint density at radius 2 is 1.41 bits per heavy atom. The van der Waals surface area contributed by atoms with Crippen molar-refractivity contribution in [3.8, 4) is 0 Å². The van der Waals surface area contributed by atoms with Crippen LogP contribution in [0.3, 0.4) is 0 Å². The molecule has 0 bridgehead atoms. The van der Waals surface area contributed by atoms with Gasteiger partial charge in [-0.15, -0.1) is 0 Å². The van der Waals surface area contributed by atoms with Gasteiger partial charge in [-0.25, -0.2) is 16.8 Å². The molecule has 2 aromatic carbocycles. The second-order valence-electron chi connectivity index (χ2n) is 9.10. The third-order valence-corrected chi connectivity index (χ3v) is 10.7. The number of benzene rings is 2. The molecule has 1 aliphatic heterocycles. The molecule has 1 saturated heterocycles. The molecule has 32 heavy (non-hydrogen) atoms. The van der Waals surface area contributed by atoms with Crippen molar-refractivity contribution in [2.45, 2.75) is 42.9 Å². The minimum absolute atomic E-state index is 0.130. The molecule has 5 nitrogen and oxygen atoms in total. The zero-order valence-corrected chi connectivity index (χ0v) is 19.9. The fourth-order valence-corrected chi connectivity index (χ4v) is 8.41. The molecule has 2 fully saturated rings. The molecule has 2 aromatic rings. The number of hydrogen-bond acceptors (Lipinski definition) is 4. The summed E-state index contributed by atoms with van der Waals surface area (Å²) in [7, 11) is -7.25. The van der Waals surface area contributed by atoms with Crippen LogP contribution in [0.5, 0.6) is 0 Å². The lowest BCUT2D eigenvalue weighted by Crippen LogP contribution is -2.28. The molecule has 0 spiro atoms. The number of hydrogen-bond donors (Lipinski definition) is 0. The molecule has 2 unspecified atom stereocenters. The largest absolute Gasteiger partial charge is 0.243 e. The smallest absolute Gasteiger partial charge is 0.219 e. The van der Waals surface area contributed by atoms with Gasteiger partial charge in [0.05, 0.1) is 14.7 Å². The van der Waals surface area contributed by atoms with Gasteiger partial charge >= 0.3 is 0 Å². The van der Waals surface area contributed by atoms with Gasteiger partial charge in [-0.3, -0.25) is 0 Å². The van der Waals surface area contributed by atoms with E-state index < -0.39 is 19.9 Å². The van der Waals surface area contributed by atoms with Crippen LogP contribution in [0.1, 0.15) is 30.4 Å². The van der Waals surface area contributed by atoms with Gasteiger partial charge in [-0.05, 0) is 62.9 Å². The van der Waals surface area contributed by atoms with Crippen molar-refractivity contribution in [1.29, 1.82) is 0 Å². The molecule has 2 atom stereocenters. The van der Waals surface area contributed by atoms with Crippen molar-refractivity contribution >= 4 is 19.9 Å². The van der Waals surface area contributed by atoms with Crippen molar-refractivity contribution in [1.82, 2.24) is 4.31 Å². The van der Waals surface area contributed by atoms with E-state index in [1.165, 1.54) is 4.31 Å². The number of sulfonamides is 1. The Morgan fingerprint density at radius 1 is 0.812 bits per heavy atom. The van der Waals surface area contributed by atoms with E-state index in [1.54, 1.807) is 36.4 Å². The lowest BCUT2D eigenvalue weighted by Gasteiger charge is -2.26. The van der Waals surface area contributed by atoms with E-state index in [1.807, 2.05) is 32.1 Å². The molecule has 1 saturated carbocycles. The van der Waals surface area contributed by atoms with E-state index in [-0.39, 0.29) is 23.3 Å². The van der Waals surface area contributed by atoms with Crippen LogP contribution in [0.2, 0.25) is 0 Å². The van der Waals surface area contributed by atoms with Gasteiger partial charge in [0.1, 0.15) is 0 Å². The Balaban J connectivity index is 1.52. The van der Waals surface area contributed by atoms with Gasteiger partial charge in [0.2, 0.25) is 19.9 Å². The van der Waals surface area contributed by atoms with E-state index in [2.05, 4.69) is 0 Å². The Morgan fingerprint density at radius 3 is 2.03 bits per heavy atom. The molecule has 1 heterocycles. The van der Waals surface area contributed by atoms with Crippen LogP contribution < -0.4 is 0 Å². The topological polar surface area (TPSA) is 71.5 Å². The van der Waals surface area contributed by atoms with E-state index in [0.29, 0.717) is 16.3 Å². The zero-order chi connectivity index (χ0) is 22.7. The zero-order valence-electron chi connectivity index (χ0n) is 18.3. The molecule has 0 radical (unpaired) electrons. The standard InChI is InChI=1S/C25H27NO4S2/c1-17-6-10-20(11-7-17)31(27,28)25-14-19-15-26(16-24(19)22-4-3-5-23(22)25)32(29,30)21-12-8-18(2)9-13-21/h6-14,19,23H,3-5,15-16H2,1-2H3. The average molecular weight is 470 g/mol. The highest BCUT2D eigenvalue weighted by molar-refractivity contribution is 7.95. The summed E-state index contributed by atoms with van der Waals surface area (Å²) >= 11 is 0. The first-order valence-electron chi connectivity index (χ1n) is 11.0. The molecular formula is C25H27NO4S2. The maximum absolute atomic E-state index is 13.5. The second kappa shape index (κ2) is 7.68. The lowest BCUT2D eigenvalue weighted by atomic mass is 9.85. The van der Waals surface area contributed by atoms with Gasteiger partial charge in [-0.1, -0.05) is 47.0 Å². The van der Waals surface area contributed by atoms with Crippen LogP contribution in [0.25, 0.3) is 0 Å². The predicted molar refractivity (Wildman–Crippen MR) is 124 cm³/mol. The number of fused-ring (bicyclic) bond motifs is 2. The fraction of sp³-hybridized carbons (Fsp3) is 0.360. The summed E-state index contributed by atoms with van der Waals surface area (Å²) in [5, 5.41) is 0. The first-order chi connectivity index (χ1) is 15.2. The molecule has 5 rings (SSSR count). The monoisotopic (exact) mass is 469 g/mol. The first-order valence-corrected chi connectivity index (χ1v) is 13.9. The minimum atomic E-state index is -3.63. The molecule has 7 heteroatoms. The Bertz CT molecular complexity index is 1340.